The van der Waals surface area contributed by atoms with Crippen LogP contribution in [0.3, 0.4) is 0 Å². The smallest absolute Gasteiger partial charge is 0.314 e. The molecule has 1 rings (SSSR count). The van der Waals surface area contributed by atoms with Crippen molar-refractivity contribution in [2.45, 2.75) is 12.8 Å². The molecule has 0 saturated heterocycles. The van der Waals surface area contributed by atoms with Crippen molar-refractivity contribution in [2.24, 2.45) is 0 Å². The van der Waals surface area contributed by atoms with E-state index in [-0.39, 0.29) is 19.0 Å². The molecule has 19 heavy (non-hydrogen) atoms. The molecule has 3 N–H and O–H groups in total. The summed E-state index contributed by atoms with van der Waals surface area (Å²) in [5.74, 6) is -0.134. The van der Waals surface area contributed by atoms with Crippen LogP contribution in [0.15, 0.2) is 30.3 Å². The lowest BCUT2D eigenvalue weighted by atomic mass is 10.3. The quantitative estimate of drug-likeness (QED) is 0.617. The summed E-state index contributed by atoms with van der Waals surface area (Å²) >= 11 is 0. The Morgan fingerprint density at radius 1 is 1.11 bits per heavy atom. The highest BCUT2D eigenvalue weighted by atomic mass is 16.5. The molecule has 0 unspecified atom stereocenters. The number of carbonyl (C=O) groups is 2. The fraction of sp³-hybridized carbons (Fsp3) is 0.385. The normalized spacial score (nSPS) is 9.68. The van der Waals surface area contributed by atoms with Crippen LogP contribution in [0.4, 0.5) is 4.79 Å². The second-order valence-corrected chi connectivity index (χ2v) is 3.84. The molecule has 104 valence electrons. The number of carbonyl (C=O) groups excluding carboxylic acids is 1. The molecule has 1 aromatic carbocycles. The zero-order valence-corrected chi connectivity index (χ0v) is 10.6. The molecule has 6 heteroatoms. The van der Waals surface area contributed by atoms with Crippen molar-refractivity contribution in [3.05, 3.63) is 30.3 Å². The molecule has 0 aliphatic rings. The molecule has 2 amide bonds. The van der Waals surface area contributed by atoms with Crippen molar-refractivity contribution < 1.29 is 19.4 Å². The van der Waals surface area contributed by atoms with Gasteiger partial charge in [0.1, 0.15) is 5.75 Å². The average molecular weight is 266 g/mol. The van der Waals surface area contributed by atoms with Crippen LogP contribution in [-0.4, -0.2) is 36.8 Å². The van der Waals surface area contributed by atoms with Gasteiger partial charge in [-0.1, -0.05) is 18.2 Å². The van der Waals surface area contributed by atoms with E-state index in [4.69, 9.17) is 9.84 Å². The van der Waals surface area contributed by atoms with Gasteiger partial charge in [-0.3, -0.25) is 4.79 Å². The number of ether oxygens (including phenoxy) is 1. The van der Waals surface area contributed by atoms with E-state index in [0.29, 0.717) is 19.6 Å². The molecule has 0 atom stereocenters. The van der Waals surface area contributed by atoms with Crippen molar-refractivity contribution in [3.8, 4) is 5.75 Å². The first kappa shape index (κ1) is 14.8. The Hall–Kier alpha value is -2.24. The Balaban J connectivity index is 1.98. The number of carboxylic acid groups (broad SMARTS) is 1. The third-order valence-electron chi connectivity index (χ3n) is 2.24. The Labute approximate surface area is 111 Å². The van der Waals surface area contributed by atoms with Gasteiger partial charge in [-0.25, -0.2) is 4.79 Å². The second-order valence-electron chi connectivity index (χ2n) is 3.84. The van der Waals surface area contributed by atoms with Crippen LogP contribution in [0, 0.1) is 0 Å². The summed E-state index contributed by atoms with van der Waals surface area (Å²) in [5, 5.41) is 13.5. The van der Waals surface area contributed by atoms with Crippen LogP contribution < -0.4 is 15.4 Å². The molecular formula is C13H18N2O4. The summed E-state index contributed by atoms with van der Waals surface area (Å²) in [5.41, 5.74) is 0. The van der Waals surface area contributed by atoms with Gasteiger partial charge >= 0.3 is 12.0 Å². The van der Waals surface area contributed by atoms with E-state index in [0.717, 1.165) is 5.75 Å². The van der Waals surface area contributed by atoms with Crippen LogP contribution in [0.1, 0.15) is 12.8 Å². The topological polar surface area (TPSA) is 87.7 Å². The molecule has 0 saturated carbocycles. The highest BCUT2D eigenvalue weighted by molar-refractivity contribution is 5.74. The SMILES string of the molecule is O=C(O)CCNC(=O)NCCCOc1ccccc1. The van der Waals surface area contributed by atoms with Crippen molar-refractivity contribution in [1.29, 1.82) is 0 Å². The number of rotatable bonds is 8. The van der Waals surface area contributed by atoms with Gasteiger partial charge in [0.15, 0.2) is 0 Å². The van der Waals surface area contributed by atoms with Gasteiger partial charge in [-0.2, -0.15) is 0 Å². The molecule has 0 heterocycles. The van der Waals surface area contributed by atoms with E-state index >= 15 is 0 Å². The van der Waals surface area contributed by atoms with Gasteiger partial charge in [0.25, 0.3) is 0 Å². The number of hydrogen-bond donors (Lipinski definition) is 3. The predicted octanol–water partition coefficient (Wildman–Crippen LogP) is 1.23. The predicted molar refractivity (Wildman–Crippen MR) is 70.2 cm³/mol. The van der Waals surface area contributed by atoms with Crippen molar-refractivity contribution in [3.63, 3.8) is 0 Å². The summed E-state index contributed by atoms with van der Waals surface area (Å²) in [4.78, 5) is 21.4. The van der Waals surface area contributed by atoms with E-state index in [9.17, 15) is 9.59 Å². The molecule has 0 spiro atoms. The second kappa shape index (κ2) is 8.79. The van der Waals surface area contributed by atoms with Gasteiger partial charge in [-0.15, -0.1) is 0 Å². The number of urea groups is 1. The molecule has 6 nitrogen and oxygen atoms in total. The monoisotopic (exact) mass is 266 g/mol. The number of amides is 2. The lowest BCUT2D eigenvalue weighted by molar-refractivity contribution is -0.136. The fourth-order valence-electron chi connectivity index (χ4n) is 1.33. The third kappa shape index (κ3) is 7.64. The summed E-state index contributed by atoms with van der Waals surface area (Å²) in [6.45, 7) is 1.12. The lowest BCUT2D eigenvalue weighted by Gasteiger charge is -2.08. The minimum Gasteiger partial charge on any atom is -0.494 e. The summed E-state index contributed by atoms with van der Waals surface area (Å²) in [7, 11) is 0. The molecule has 0 fully saturated rings. The maximum absolute atomic E-state index is 11.2. The van der Waals surface area contributed by atoms with E-state index in [1.165, 1.54) is 0 Å². The number of carboxylic acids is 1. The van der Waals surface area contributed by atoms with Crippen LogP contribution in [0.2, 0.25) is 0 Å². The highest BCUT2D eigenvalue weighted by Gasteiger charge is 2.01. The number of para-hydroxylation sites is 1. The zero-order chi connectivity index (χ0) is 13.9. The number of nitrogens with one attached hydrogen (secondary N) is 2. The standard InChI is InChI=1S/C13H18N2O4/c16-12(17)7-9-15-13(18)14-8-4-10-19-11-5-2-1-3-6-11/h1-3,5-6H,4,7-10H2,(H,16,17)(H2,14,15,18). The first-order chi connectivity index (χ1) is 9.18. The fourth-order valence-corrected chi connectivity index (χ4v) is 1.33. The first-order valence-electron chi connectivity index (χ1n) is 6.10. The molecular weight excluding hydrogens is 248 g/mol. The van der Waals surface area contributed by atoms with Crippen LogP contribution in [0.25, 0.3) is 0 Å². The zero-order valence-electron chi connectivity index (χ0n) is 10.6. The lowest BCUT2D eigenvalue weighted by Crippen LogP contribution is -2.37. The van der Waals surface area contributed by atoms with Crippen LogP contribution in [-0.2, 0) is 4.79 Å². The summed E-state index contributed by atoms with van der Waals surface area (Å²) < 4.78 is 5.45. The maximum atomic E-state index is 11.2. The number of hydrogen-bond acceptors (Lipinski definition) is 3. The van der Waals surface area contributed by atoms with Gasteiger partial charge in [-0.05, 0) is 18.6 Å². The Morgan fingerprint density at radius 2 is 1.79 bits per heavy atom. The van der Waals surface area contributed by atoms with E-state index in [1.54, 1.807) is 0 Å². The van der Waals surface area contributed by atoms with E-state index in [1.807, 2.05) is 30.3 Å². The van der Waals surface area contributed by atoms with Crippen LogP contribution >= 0.6 is 0 Å². The maximum Gasteiger partial charge on any atom is 0.314 e. The van der Waals surface area contributed by atoms with Gasteiger partial charge < -0.3 is 20.5 Å². The number of aliphatic carboxylic acids is 1. The van der Waals surface area contributed by atoms with Crippen molar-refractivity contribution in [1.82, 2.24) is 10.6 Å². The number of benzene rings is 1. The molecule has 0 bridgehead atoms. The Morgan fingerprint density at radius 3 is 2.47 bits per heavy atom. The Kier molecular flexibility index (Phi) is 6.86. The molecule has 0 aromatic heterocycles. The third-order valence-corrected chi connectivity index (χ3v) is 2.24. The van der Waals surface area contributed by atoms with Gasteiger partial charge in [0, 0.05) is 13.1 Å². The van der Waals surface area contributed by atoms with Gasteiger partial charge in [0.05, 0.1) is 13.0 Å². The highest BCUT2D eigenvalue weighted by Crippen LogP contribution is 2.07. The molecule has 0 aliphatic heterocycles. The van der Waals surface area contributed by atoms with Crippen LogP contribution in [0.5, 0.6) is 5.75 Å². The summed E-state index contributed by atoms with van der Waals surface area (Å²) in [6.07, 6.45) is 0.603. The minimum absolute atomic E-state index is 0.0788. The van der Waals surface area contributed by atoms with Crippen molar-refractivity contribution >= 4 is 12.0 Å². The molecule has 1 aromatic rings. The average Bonchev–Trinajstić information content (AvgIpc) is 2.39. The summed E-state index contributed by atoms with van der Waals surface area (Å²) in [6, 6.07) is 9.07. The minimum atomic E-state index is -0.934. The first-order valence-corrected chi connectivity index (χ1v) is 6.10. The molecule has 0 radical (unpaired) electrons. The Bertz CT molecular complexity index is 395. The van der Waals surface area contributed by atoms with E-state index in [2.05, 4.69) is 10.6 Å². The molecule has 0 aliphatic carbocycles. The van der Waals surface area contributed by atoms with E-state index < -0.39 is 5.97 Å². The van der Waals surface area contributed by atoms with Crippen molar-refractivity contribution in [2.75, 3.05) is 19.7 Å². The van der Waals surface area contributed by atoms with Gasteiger partial charge in [0.2, 0.25) is 0 Å². The largest absolute Gasteiger partial charge is 0.494 e.